The number of nitrogens with one attached hydrogen (secondary N) is 1. The van der Waals surface area contributed by atoms with E-state index in [4.69, 9.17) is 0 Å². The van der Waals surface area contributed by atoms with Gasteiger partial charge >= 0.3 is 5.97 Å². The molecule has 0 aliphatic carbocycles. The number of methoxy groups -OCH3 is 1. The van der Waals surface area contributed by atoms with E-state index in [1.807, 2.05) is 13.8 Å². The van der Waals surface area contributed by atoms with Gasteiger partial charge in [-0.05, 0) is 19.3 Å². The molecule has 0 saturated carbocycles. The summed E-state index contributed by atoms with van der Waals surface area (Å²) in [6.07, 6.45) is 1.11. The molecule has 1 aliphatic heterocycles. The summed E-state index contributed by atoms with van der Waals surface area (Å²) in [5.74, 6) is 0.146. The molecule has 1 N–H and O–H groups in total. The first-order chi connectivity index (χ1) is 6.56. The monoisotopic (exact) mass is 199 g/mol. The van der Waals surface area contributed by atoms with Crippen LogP contribution in [-0.2, 0) is 14.3 Å². The lowest BCUT2D eigenvalue weighted by Gasteiger charge is -2.16. The minimum Gasteiger partial charge on any atom is -0.469 e. The lowest BCUT2D eigenvalue weighted by Crippen LogP contribution is -2.25. The summed E-state index contributed by atoms with van der Waals surface area (Å²) in [6, 6.07) is 0.169. The Morgan fingerprint density at radius 3 is 2.57 bits per heavy atom. The summed E-state index contributed by atoms with van der Waals surface area (Å²) in [4.78, 5) is 22.2. The minimum absolute atomic E-state index is 0.00894. The van der Waals surface area contributed by atoms with E-state index >= 15 is 0 Å². The Balaban J connectivity index is 2.44. The Morgan fingerprint density at radius 2 is 2.14 bits per heavy atom. The highest BCUT2D eigenvalue weighted by Crippen LogP contribution is 2.27. The van der Waals surface area contributed by atoms with Gasteiger partial charge in [0.25, 0.3) is 0 Å². The maximum Gasteiger partial charge on any atom is 0.305 e. The van der Waals surface area contributed by atoms with Crippen molar-refractivity contribution in [1.82, 2.24) is 5.32 Å². The van der Waals surface area contributed by atoms with Crippen molar-refractivity contribution in [3.05, 3.63) is 0 Å². The van der Waals surface area contributed by atoms with Crippen LogP contribution in [0.4, 0.5) is 0 Å². The van der Waals surface area contributed by atoms with Gasteiger partial charge in [0, 0.05) is 18.4 Å². The fourth-order valence-corrected chi connectivity index (χ4v) is 1.98. The third-order valence-corrected chi connectivity index (χ3v) is 2.98. The smallest absolute Gasteiger partial charge is 0.305 e. The maximum atomic E-state index is 11.3. The van der Waals surface area contributed by atoms with Gasteiger partial charge < -0.3 is 10.1 Å². The molecule has 1 aliphatic rings. The molecule has 0 spiro atoms. The van der Waals surface area contributed by atoms with Gasteiger partial charge in [0.2, 0.25) is 5.91 Å². The van der Waals surface area contributed by atoms with Crippen molar-refractivity contribution in [2.24, 2.45) is 11.8 Å². The molecule has 0 radical (unpaired) electrons. The van der Waals surface area contributed by atoms with Gasteiger partial charge in [-0.1, -0.05) is 6.92 Å². The molecule has 3 atom stereocenters. The number of esters is 1. The Hall–Kier alpha value is -1.06. The average molecular weight is 199 g/mol. The van der Waals surface area contributed by atoms with Crippen molar-refractivity contribution in [3.63, 3.8) is 0 Å². The molecule has 4 heteroatoms. The maximum absolute atomic E-state index is 11.3. The van der Waals surface area contributed by atoms with E-state index in [9.17, 15) is 9.59 Å². The van der Waals surface area contributed by atoms with E-state index in [0.29, 0.717) is 12.8 Å². The summed E-state index contributed by atoms with van der Waals surface area (Å²) >= 11 is 0. The molecule has 14 heavy (non-hydrogen) atoms. The molecule has 1 rings (SSSR count). The van der Waals surface area contributed by atoms with Gasteiger partial charge in [0.15, 0.2) is 0 Å². The van der Waals surface area contributed by atoms with Gasteiger partial charge in [-0.3, -0.25) is 9.59 Å². The summed E-state index contributed by atoms with van der Waals surface area (Å²) in [6.45, 7) is 3.88. The molecule has 3 unspecified atom stereocenters. The van der Waals surface area contributed by atoms with Crippen LogP contribution in [0.15, 0.2) is 0 Å². The first kappa shape index (κ1) is 11.0. The normalized spacial score (nSPS) is 31.4. The molecule has 1 amide bonds. The number of carbonyl (C=O) groups is 2. The number of hydrogen-bond donors (Lipinski definition) is 1. The van der Waals surface area contributed by atoms with Gasteiger partial charge in [-0.15, -0.1) is 0 Å². The quantitative estimate of drug-likeness (QED) is 0.681. The molecule has 80 valence electrons. The van der Waals surface area contributed by atoms with Crippen LogP contribution in [-0.4, -0.2) is 25.0 Å². The largest absolute Gasteiger partial charge is 0.469 e. The third-order valence-electron chi connectivity index (χ3n) is 2.98. The lowest BCUT2D eigenvalue weighted by atomic mass is 9.88. The first-order valence-electron chi connectivity index (χ1n) is 4.93. The minimum atomic E-state index is -0.205. The van der Waals surface area contributed by atoms with Crippen molar-refractivity contribution in [2.75, 3.05) is 7.11 Å². The first-order valence-corrected chi connectivity index (χ1v) is 4.93. The van der Waals surface area contributed by atoms with Crippen LogP contribution in [0, 0.1) is 11.8 Å². The van der Waals surface area contributed by atoms with Gasteiger partial charge in [-0.25, -0.2) is 0 Å². The summed E-state index contributed by atoms with van der Waals surface area (Å²) in [5.41, 5.74) is 0. The second-order valence-electron chi connectivity index (χ2n) is 3.86. The molecular formula is C10H17NO3. The Labute approximate surface area is 84.0 Å². The number of rotatable bonds is 3. The lowest BCUT2D eigenvalue weighted by molar-refractivity contribution is -0.141. The Morgan fingerprint density at radius 1 is 1.50 bits per heavy atom. The molecule has 0 bridgehead atoms. The summed E-state index contributed by atoms with van der Waals surface area (Å²) in [5, 5.41) is 2.87. The van der Waals surface area contributed by atoms with Crippen molar-refractivity contribution in [3.8, 4) is 0 Å². The van der Waals surface area contributed by atoms with Crippen molar-refractivity contribution in [2.45, 2.75) is 32.7 Å². The van der Waals surface area contributed by atoms with E-state index in [-0.39, 0.29) is 29.8 Å². The molecule has 0 aromatic carbocycles. The van der Waals surface area contributed by atoms with Gasteiger partial charge in [-0.2, -0.15) is 0 Å². The van der Waals surface area contributed by atoms with Crippen molar-refractivity contribution in [1.29, 1.82) is 0 Å². The molecule has 4 nitrogen and oxygen atoms in total. The van der Waals surface area contributed by atoms with E-state index in [2.05, 4.69) is 10.1 Å². The van der Waals surface area contributed by atoms with Gasteiger partial charge in [0.1, 0.15) is 0 Å². The molecule has 0 aromatic heterocycles. The van der Waals surface area contributed by atoms with Crippen LogP contribution in [0.25, 0.3) is 0 Å². The predicted octanol–water partition coefficient (Wildman–Crippen LogP) is 0.710. The topological polar surface area (TPSA) is 55.4 Å². The number of amides is 1. The van der Waals surface area contributed by atoms with Crippen LogP contribution in [0.3, 0.4) is 0 Å². The molecular weight excluding hydrogens is 182 g/mol. The van der Waals surface area contributed by atoms with Crippen LogP contribution >= 0.6 is 0 Å². The fourth-order valence-electron chi connectivity index (χ4n) is 1.98. The number of hydrogen-bond acceptors (Lipinski definition) is 3. The Bertz CT molecular complexity index is 240. The zero-order valence-electron chi connectivity index (χ0n) is 8.87. The van der Waals surface area contributed by atoms with E-state index in [1.54, 1.807) is 0 Å². The highest BCUT2D eigenvalue weighted by molar-refractivity contribution is 5.81. The Kier molecular flexibility index (Phi) is 3.49. The second kappa shape index (κ2) is 4.44. The predicted molar refractivity (Wildman–Crippen MR) is 51.5 cm³/mol. The third kappa shape index (κ3) is 2.25. The second-order valence-corrected chi connectivity index (χ2v) is 3.86. The van der Waals surface area contributed by atoms with E-state index in [1.165, 1.54) is 7.11 Å². The van der Waals surface area contributed by atoms with Crippen LogP contribution in [0.2, 0.25) is 0 Å². The van der Waals surface area contributed by atoms with E-state index in [0.717, 1.165) is 0 Å². The molecule has 1 heterocycles. The molecule has 1 saturated heterocycles. The summed E-state index contributed by atoms with van der Waals surface area (Å²) < 4.78 is 4.56. The fraction of sp³-hybridized carbons (Fsp3) is 0.800. The standard InChI is InChI=1S/C10H17NO3/c1-6-8(4-5-9(12)14-3)7(2)11-10(6)13/h6-8H,4-5H2,1-3H3,(H,11,13). The van der Waals surface area contributed by atoms with E-state index < -0.39 is 0 Å². The average Bonchev–Trinajstić information content (AvgIpc) is 2.39. The van der Waals surface area contributed by atoms with Gasteiger partial charge in [0.05, 0.1) is 7.11 Å². The zero-order chi connectivity index (χ0) is 10.7. The number of carbonyl (C=O) groups excluding carboxylic acids is 2. The molecule has 0 aromatic rings. The van der Waals surface area contributed by atoms with Crippen LogP contribution in [0.5, 0.6) is 0 Å². The highest BCUT2D eigenvalue weighted by atomic mass is 16.5. The number of ether oxygens (including phenoxy) is 1. The molecule has 1 fully saturated rings. The summed E-state index contributed by atoms with van der Waals surface area (Å²) in [7, 11) is 1.38. The highest BCUT2D eigenvalue weighted by Gasteiger charge is 2.36. The van der Waals surface area contributed by atoms with Crippen molar-refractivity contribution >= 4 is 11.9 Å². The SMILES string of the molecule is COC(=O)CCC1C(C)NC(=O)C1C. The zero-order valence-corrected chi connectivity index (χ0v) is 8.87. The van der Waals surface area contributed by atoms with Crippen molar-refractivity contribution < 1.29 is 14.3 Å². The van der Waals surface area contributed by atoms with Crippen LogP contribution in [0.1, 0.15) is 26.7 Å². The van der Waals surface area contributed by atoms with Crippen LogP contribution < -0.4 is 5.32 Å².